The molecule has 4 heteroatoms. The summed E-state index contributed by atoms with van der Waals surface area (Å²) in [7, 11) is 0. The Balaban J connectivity index is 1.98. The Bertz CT molecular complexity index is 720. The van der Waals surface area contributed by atoms with Gasteiger partial charge in [-0.25, -0.2) is 0 Å². The first-order valence-corrected chi connectivity index (χ1v) is 7.44. The minimum Gasteiger partial charge on any atom is -0.276 e. The van der Waals surface area contributed by atoms with Gasteiger partial charge in [0.2, 0.25) is 0 Å². The molecule has 2 aromatic carbocycles. The van der Waals surface area contributed by atoms with E-state index < -0.39 is 10.5 Å². The highest BCUT2D eigenvalue weighted by Crippen LogP contribution is 2.38. The van der Waals surface area contributed by atoms with Gasteiger partial charge < -0.3 is 0 Å². The van der Waals surface area contributed by atoms with Crippen molar-refractivity contribution >= 4 is 33.7 Å². The summed E-state index contributed by atoms with van der Waals surface area (Å²) in [6.45, 7) is 0. The number of hydrogen-bond donors (Lipinski definition) is 0. The van der Waals surface area contributed by atoms with Crippen LogP contribution in [0.3, 0.4) is 0 Å². The zero-order valence-electron chi connectivity index (χ0n) is 11.1. The first kappa shape index (κ1) is 14.3. The summed E-state index contributed by atoms with van der Waals surface area (Å²) < 4.78 is 0. The van der Waals surface area contributed by atoms with Crippen molar-refractivity contribution in [3.63, 3.8) is 0 Å². The van der Waals surface area contributed by atoms with Crippen molar-refractivity contribution in [1.29, 1.82) is 0 Å². The van der Waals surface area contributed by atoms with Crippen LogP contribution < -0.4 is 0 Å². The van der Waals surface area contributed by atoms with Gasteiger partial charge in [-0.15, -0.1) is 0 Å². The largest absolute Gasteiger partial charge is 0.276 e. The number of rotatable bonds is 3. The lowest BCUT2D eigenvalue weighted by atomic mass is 9.91. The Morgan fingerprint density at radius 2 is 1.52 bits per heavy atom. The van der Waals surface area contributed by atoms with Gasteiger partial charge in [-0.1, -0.05) is 18.2 Å². The van der Waals surface area contributed by atoms with Crippen LogP contribution in [0.15, 0.2) is 42.5 Å². The molecule has 0 aliphatic heterocycles. The van der Waals surface area contributed by atoms with E-state index in [0.717, 1.165) is 24.0 Å². The number of aryl methyl sites for hydroxylation is 1. The van der Waals surface area contributed by atoms with Crippen molar-refractivity contribution in [3.05, 3.63) is 70.3 Å². The number of halogens is 2. The zero-order valence-corrected chi connectivity index (χ0v) is 12.6. The summed E-state index contributed by atoms with van der Waals surface area (Å²) in [6, 6.07) is 12.9. The molecule has 0 amide bonds. The van der Waals surface area contributed by atoms with Gasteiger partial charge in [0.25, 0.3) is 10.5 Å². The lowest BCUT2D eigenvalue weighted by Crippen LogP contribution is -1.99. The molecule has 3 rings (SSSR count). The van der Waals surface area contributed by atoms with Crippen molar-refractivity contribution in [3.8, 4) is 0 Å². The van der Waals surface area contributed by atoms with Gasteiger partial charge in [0.05, 0.1) is 0 Å². The molecule has 0 radical (unpaired) electrons. The summed E-state index contributed by atoms with van der Waals surface area (Å²) in [5.74, 6) is 0.232. The highest BCUT2D eigenvalue weighted by atomic mass is 35.5. The van der Waals surface area contributed by atoms with Crippen molar-refractivity contribution in [2.75, 3.05) is 0 Å². The Morgan fingerprint density at radius 1 is 0.905 bits per heavy atom. The standard InChI is InChI=1S/C17H12Cl2O2/c18-16(20)12-4-1-10(2-5-12)14-8-7-11-3-6-13(17(19)21)9-15(11)14/h1-6,9,14H,7-8H2. The normalized spacial score (nSPS) is 16.6. The van der Waals surface area contributed by atoms with E-state index in [1.165, 1.54) is 5.56 Å². The molecule has 0 fully saturated rings. The minimum absolute atomic E-state index is 0.232. The molecule has 0 aromatic heterocycles. The molecule has 106 valence electrons. The van der Waals surface area contributed by atoms with E-state index in [2.05, 4.69) is 0 Å². The van der Waals surface area contributed by atoms with E-state index in [1.807, 2.05) is 24.3 Å². The molecule has 1 aliphatic carbocycles. The number of fused-ring (bicyclic) bond motifs is 1. The molecular weight excluding hydrogens is 307 g/mol. The van der Waals surface area contributed by atoms with Crippen LogP contribution in [0.2, 0.25) is 0 Å². The molecule has 0 N–H and O–H groups in total. The molecule has 2 aromatic rings. The van der Waals surface area contributed by atoms with Gasteiger partial charge in [-0.05, 0) is 77.0 Å². The van der Waals surface area contributed by atoms with E-state index in [0.29, 0.717) is 11.1 Å². The zero-order chi connectivity index (χ0) is 15.0. The van der Waals surface area contributed by atoms with Crippen LogP contribution in [0.4, 0.5) is 0 Å². The molecule has 1 atom stereocenters. The highest BCUT2D eigenvalue weighted by Gasteiger charge is 2.25. The SMILES string of the molecule is O=C(Cl)c1ccc(C2CCc3ccc(C(=O)Cl)cc32)cc1. The second-order valence-electron chi connectivity index (χ2n) is 5.17. The number of carbonyl (C=O) groups excluding carboxylic acids is 2. The fraction of sp³-hybridized carbons (Fsp3) is 0.176. The van der Waals surface area contributed by atoms with Crippen molar-refractivity contribution < 1.29 is 9.59 Å². The lowest BCUT2D eigenvalue weighted by molar-refractivity contribution is 0.107. The molecule has 21 heavy (non-hydrogen) atoms. The maximum atomic E-state index is 11.3. The Morgan fingerprint density at radius 3 is 2.14 bits per heavy atom. The third kappa shape index (κ3) is 2.74. The van der Waals surface area contributed by atoms with Gasteiger partial charge >= 0.3 is 0 Å². The highest BCUT2D eigenvalue weighted by molar-refractivity contribution is 6.68. The van der Waals surface area contributed by atoms with Crippen molar-refractivity contribution in [1.82, 2.24) is 0 Å². The van der Waals surface area contributed by atoms with E-state index in [9.17, 15) is 9.59 Å². The number of hydrogen-bond acceptors (Lipinski definition) is 2. The molecule has 1 unspecified atom stereocenters. The molecule has 2 nitrogen and oxygen atoms in total. The fourth-order valence-corrected chi connectivity index (χ4v) is 3.16. The Labute approximate surface area is 132 Å². The average Bonchev–Trinajstić information content (AvgIpc) is 2.90. The van der Waals surface area contributed by atoms with Gasteiger partial charge in [0.15, 0.2) is 0 Å². The molecule has 0 saturated carbocycles. The second kappa shape index (κ2) is 5.63. The van der Waals surface area contributed by atoms with Crippen LogP contribution in [0.1, 0.15) is 49.7 Å². The molecule has 0 bridgehead atoms. The monoisotopic (exact) mass is 318 g/mol. The van der Waals surface area contributed by atoms with Crippen LogP contribution in [0.25, 0.3) is 0 Å². The van der Waals surface area contributed by atoms with Crippen molar-refractivity contribution in [2.24, 2.45) is 0 Å². The number of benzene rings is 2. The maximum absolute atomic E-state index is 11.3. The first-order chi connectivity index (χ1) is 10.1. The molecule has 0 heterocycles. The Hall–Kier alpha value is -1.64. The topological polar surface area (TPSA) is 34.1 Å². The predicted octanol–water partition coefficient (Wildman–Crippen LogP) is 4.52. The predicted molar refractivity (Wildman–Crippen MR) is 83.4 cm³/mol. The van der Waals surface area contributed by atoms with Gasteiger partial charge in [0.1, 0.15) is 0 Å². The third-order valence-corrected chi connectivity index (χ3v) is 4.43. The van der Waals surface area contributed by atoms with E-state index in [1.54, 1.807) is 18.2 Å². The smallest absolute Gasteiger partial charge is 0.252 e. The quantitative estimate of drug-likeness (QED) is 0.779. The maximum Gasteiger partial charge on any atom is 0.252 e. The van der Waals surface area contributed by atoms with Gasteiger partial charge in [0, 0.05) is 17.0 Å². The van der Waals surface area contributed by atoms with Gasteiger partial charge in [-0.2, -0.15) is 0 Å². The summed E-state index contributed by atoms with van der Waals surface area (Å²) in [5.41, 5.74) is 4.53. The summed E-state index contributed by atoms with van der Waals surface area (Å²) in [6.07, 6.45) is 1.97. The number of carbonyl (C=O) groups is 2. The molecule has 0 saturated heterocycles. The molecule has 0 spiro atoms. The summed E-state index contributed by atoms with van der Waals surface area (Å²) in [4.78, 5) is 22.4. The Kier molecular flexibility index (Phi) is 3.83. The summed E-state index contributed by atoms with van der Waals surface area (Å²) >= 11 is 11.0. The van der Waals surface area contributed by atoms with Gasteiger partial charge in [-0.3, -0.25) is 9.59 Å². The van der Waals surface area contributed by atoms with E-state index in [-0.39, 0.29) is 5.92 Å². The fourth-order valence-electron chi connectivity index (χ4n) is 2.92. The van der Waals surface area contributed by atoms with E-state index in [4.69, 9.17) is 23.2 Å². The molecular formula is C17H12Cl2O2. The minimum atomic E-state index is -0.455. The van der Waals surface area contributed by atoms with Crippen LogP contribution in [-0.4, -0.2) is 10.5 Å². The second-order valence-corrected chi connectivity index (χ2v) is 5.86. The van der Waals surface area contributed by atoms with Crippen LogP contribution in [0.5, 0.6) is 0 Å². The average molecular weight is 319 g/mol. The summed E-state index contributed by atoms with van der Waals surface area (Å²) in [5, 5.41) is -0.894. The van der Waals surface area contributed by atoms with E-state index >= 15 is 0 Å². The third-order valence-electron chi connectivity index (χ3n) is 3.99. The van der Waals surface area contributed by atoms with Crippen LogP contribution in [0, 0.1) is 0 Å². The first-order valence-electron chi connectivity index (χ1n) is 6.68. The van der Waals surface area contributed by atoms with Crippen LogP contribution >= 0.6 is 23.2 Å². The molecule has 1 aliphatic rings. The van der Waals surface area contributed by atoms with Crippen LogP contribution in [-0.2, 0) is 6.42 Å². The lowest BCUT2D eigenvalue weighted by Gasteiger charge is -2.13. The van der Waals surface area contributed by atoms with Crippen molar-refractivity contribution in [2.45, 2.75) is 18.8 Å².